The van der Waals surface area contributed by atoms with Crippen molar-refractivity contribution in [2.45, 2.75) is 257 Å². The van der Waals surface area contributed by atoms with Crippen LogP contribution in [0.4, 0.5) is 0 Å². The van der Waals surface area contributed by atoms with E-state index in [0.29, 0.717) is 12.8 Å². The Bertz CT molecular complexity index is 1230. The van der Waals surface area contributed by atoms with Gasteiger partial charge in [0.1, 0.15) is 0 Å². The van der Waals surface area contributed by atoms with Crippen LogP contribution in [0.2, 0.25) is 0 Å². The zero-order chi connectivity index (χ0) is 46.3. The summed E-state index contributed by atoms with van der Waals surface area (Å²) in [6.45, 7) is 4.24. The van der Waals surface area contributed by atoms with Crippen LogP contribution in [0.3, 0.4) is 0 Å². The Kier molecular flexibility index (Phi) is 51.9. The lowest BCUT2D eigenvalue weighted by Crippen LogP contribution is -2.45. The van der Waals surface area contributed by atoms with Crippen molar-refractivity contribution in [2.75, 3.05) is 6.61 Å². The molecule has 0 aromatic heterocycles. The molecule has 4 heteroatoms. The molecule has 0 heterocycles. The molecule has 3 N–H and O–H groups in total. The van der Waals surface area contributed by atoms with E-state index in [1.54, 1.807) is 0 Å². The van der Waals surface area contributed by atoms with Crippen molar-refractivity contribution in [3.8, 4) is 0 Å². The monoisotopic (exact) mass is 886 g/mol. The first-order valence-corrected chi connectivity index (χ1v) is 27.1. The molecule has 1 amide bonds. The van der Waals surface area contributed by atoms with Gasteiger partial charge in [-0.05, 0) is 83.5 Å². The molecule has 0 aromatic carbocycles. The highest BCUT2D eigenvalue weighted by Gasteiger charge is 2.20. The predicted octanol–water partition coefficient (Wildman–Crippen LogP) is 17.9. The number of hydrogen-bond acceptors (Lipinski definition) is 3. The maximum atomic E-state index is 12.5. The van der Waals surface area contributed by atoms with Crippen LogP contribution in [-0.4, -0.2) is 34.9 Å². The average Bonchev–Trinajstić information content (AvgIpc) is 3.30. The first-order valence-electron chi connectivity index (χ1n) is 27.1. The van der Waals surface area contributed by atoms with Crippen LogP contribution in [0, 0.1) is 0 Å². The van der Waals surface area contributed by atoms with Gasteiger partial charge < -0.3 is 15.5 Å². The van der Waals surface area contributed by atoms with Crippen LogP contribution >= 0.6 is 0 Å². The summed E-state index contributed by atoms with van der Waals surface area (Å²) in [4.78, 5) is 12.5. The zero-order valence-corrected chi connectivity index (χ0v) is 42.0. The fourth-order valence-corrected chi connectivity index (χ4v) is 7.71. The van der Waals surface area contributed by atoms with Crippen LogP contribution in [0.25, 0.3) is 0 Å². The van der Waals surface area contributed by atoms with Gasteiger partial charge in [0.15, 0.2) is 0 Å². The van der Waals surface area contributed by atoms with Gasteiger partial charge in [-0.2, -0.15) is 0 Å². The number of allylic oxidation sites excluding steroid dienone is 18. The third kappa shape index (κ3) is 50.1. The highest BCUT2D eigenvalue weighted by Crippen LogP contribution is 2.16. The van der Waals surface area contributed by atoms with Gasteiger partial charge in [-0.15, -0.1) is 0 Å². The lowest BCUT2D eigenvalue weighted by molar-refractivity contribution is -0.123. The van der Waals surface area contributed by atoms with Crippen LogP contribution < -0.4 is 5.32 Å². The molecule has 0 radical (unpaired) electrons. The van der Waals surface area contributed by atoms with Gasteiger partial charge in [-0.25, -0.2) is 0 Å². The van der Waals surface area contributed by atoms with E-state index in [1.807, 2.05) is 0 Å². The van der Waals surface area contributed by atoms with Crippen molar-refractivity contribution in [3.05, 3.63) is 109 Å². The van der Waals surface area contributed by atoms with E-state index in [0.717, 1.165) is 96.3 Å². The third-order valence-corrected chi connectivity index (χ3v) is 11.8. The Morgan fingerprint density at radius 3 is 1.03 bits per heavy atom. The Labute approximate surface area is 397 Å². The Balaban J connectivity index is 3.61. The Morgan fingerprint density at radius 1 is 0.391 bits per heavy atom. The molecule has 0 aliphatic heterocycles. The molecule has 0 bridgehead atoms. The summed E-state index contributed by atoms with van der Waals surface area (Å²) in [6.07, 6.45) is 81.9. The second-order valence-corrected chi connectivity index (χ2v) is 17.9. The Hall–Kier alpha value is -2.95. The number of hydrogen-bond donors (Lipinski definition) is 3. The fraction of sp³-hybridized carbons (Fsp3) is 0.683. The smallest absolute Gasteiger partial charge is 0.220 e. The first-order chi connectivity index (χ1) is 31.7. The van der Waals surface area contributed by atoms with Gasteiger partial charge in [0.2, 0.25) is 5.91 Å². The largest absolute Gasteiger partial charge is 0.394 e. The lowest BCUT2D eigenvalue weighted by atomic mass is 10.0. The quantitative estimate of drug-likeness (QED) is 0.0421. The number of aliphatic hydroxyl groups excluding tert-OH is 2. The lowest BCUT2D eigenvalue weighted by Gasteiger charge is -2.22. The van der Waals surface area contributed by atoms with Crippen LogP contribution in [0.1, 0.15) is 245 Å². The van der Waals surface area contributed by atoms with Crippen molar-refractivity contribution in [2.24, 2.45) is 0 Å². The average molecular weight is 886 g/mol. The molecule has 0 aliphatic rings. The topological polar surface area (TPSA) is 69.6 Å². The molecular formula is C60H103NO3. The standard InChI is InChI=1S/C60H103NO3/c1-3-5-7-9-11-13-15-17-19-21-22-23-24-25-26-27-28-29-30-31-32-33-34-35-36-37-38-40-42-44-46-48-50-52-54-56-60(64)61-58(57-62)59(63)55-53-51-49-47-45-43-41-39-20-18-16-14-12-10-8-6-4-2/h5,7,11,13,17,19,22-23,25-26,28-29,31-32,34-35,37-38,58-59,62-63H,3-4,6,8-10,12,14-16,18,20-21,24,27,30,33,36,39-57H2,1-2H3,(H,61,64)/b7-5-,13-11-,19-17-,23-22-,26-25-,29-28-,32-31-,35-34-,38-37-. The Morgan fingerprint density at radius 2 is 0.688 bits per heavy atom. The molecule has 0 rings (SSSR count). The SMILES string of the molecule is CC/C=C\C/C=C\C/C=C\C/C=C\C/C=C\C/C=C\C/C=C\C/C=C\C/C=C\CCCCCCCCCC(=O)NC(CO)C(O)CCCCCCCCCCCCCCCCCCC. The number of amides is 1. The molecule has 0 aromatic rings. The summed E-state index contributed by atoms with van der Waals surface area (Å²) >= 11 is 0. The summed E-state index contributed by atoms with van der Waals surface area (Å²) in [5, 5.41) is 23.3. The van der Waals surface area contributed by atoms with Crippen LogP contribution in [0.15, 0.2) is 109 Å². The molecule has 366 valence electrons. The summed E-state index contributed by atoms with van der Waals surface area (Å²) in [6, 6.07) is -0.550. The molecule has 2 unspecified atom stereocenters. The van der Waals surface area contributed by atoms with Gasteiger partial charge >= 0.3 is 0 Å². The van der Waals surface area contributed by atoms with Crippen molar-refractivity contribution in [3.63, 3.8) is 0 Å². The zero-order valence-electron chi connectivity index (χ0n) is 42.0. The first kappa shape index (κ1) is 61.0. The third-order valence-electron chi connectivity index (χ3n) is 11.8. The second-order valence-electron chi connectivity index (χ2n) is 17.9. The summed E-state index contributed by atoms with van der Waals surface area (Å²) < 4.78 is 0. The number of carbonyl (C=O) groups excluding carboxylic acids is 1. The molecule has 0 saturated carbocycles. The van der Waals surface area contributed by atoms with E-state index < -0.39 is 12.1 Å². The molecule has 64 heavy (non-hydrogen) atoms. The van der Waals surface area contributed by atoms with E-state index in [1.165, 1.54) is 122 Å². The number of aliphatic hydroxyl groups is 2. The fourth-order valence-electron chi connectivity index (χ4n) is 7.71. The van der Waals surface area contributed by atoms with E-state index >= 15 is 0 Å². The highest BCUT2D eigenvalue weighted by molar-refractivity contribution is 5.76. The van der Waals surface area contributed by atoms with Crippen molar-refractivity contribution in [1.29, 1.82) is 0 Å². The van der Waals surface area contributed by atoms with Crippen molar-refractivity contribution >= 4 is 5.91 Å². The number of unbranched alkanes of at least 4 members (excludes halogenated alkanes) is 23. The number of carbonyl (C=O) groups is 1. The molecular weight excluding hydrogens is 783 g/mol. The summed E-state index contributed by atoms with van der Waals surface area (Å²) in [7, 11) is 0. The second kappa shape index (κ2) is 54.4. The van der Waals surface area contributed by atoms with Gasteiger partial charge in [0.05, 0.1) is 18.8 Å². The van der Waals surface area contributed by atoms with E-state index in [4.69, 9.17) is 0 Å². The summed E-state index contributed by atoms with van der Waals surface area (Å²) in [5.74, 6) is -0.0459. The van der Waals surface area contributed by atoms with Crippen molar-refractivity contribution in [1.82, 2.24) is 5.32 Å². The minimum atomic E-state index is -0.672. The molecule has 2 atom stereocenters. The number of nitrogens with one attached hydrogen (secondary N) is 1. The molecule has 0 saturated heterocycles. The molecule has 0 aliphatic carbocycles. The highest BCUT2D eigenvalue weighted by atomic mass is 16.3. The van der Waals surface area contributed by atoms with Gasteiger partial charge in [-0.3, -0.25) is 4.79 Å². The molecule has 4 nitrogen and oxygen atoms in total. The predicted molar refractivity (Wildman–Crippen MR) is 285 cm³/mol. The maximum Gasteiger partial charge on any atom is 0.220 e. The van der Waals surface area contributed by atoms with Gasteiger partial charge in [-0.1, -0.05) is 264 Å². The van der Waals surface area contributed by atoms with Crippen LogP contribution in [0.5, 0.6) is 0 Å². The minimum Gasteiger partial charge on any atom is -0.394 e. The van der Waals surface area contributed by atoms with Gasteiger partial charge in [0, 0.05) is 6.42 Å². The van der Waals surface area contributed by atoms with Gasteiger partial charge in [0.25, 0.3) is 0 Å². The van der Waals surface area contributed by atoms with Crippen molar-refractivity contribution < 1.29 is 15.0 Å². The maximum absolute atomic E-state index is 12.5. The molecule has 0 fully saturated rings. The van der Waals surface area contributed by atoms with E-state index in [9.17, 15) is 15.0 Å². The minimum absolute atomic E-state index is 0.0459. The van der Waals surface area contributed by atoms with E-state index in [2.05, 4.69) is 129 Å². The van der Waals surface area contributed by atoms with Crippen LogP contribution in [-0.2, 0) is 4.79 Å². The number of rotatable bonds is 48. The molecule has 0 spiro atoms. The van der Waals surface area contributed by atoms with E-state index in [-0.39, 0.29) is 12.5 Å². The normalized spacial score (nSPS) is 13.8. The summed E-state index contributed by atoms with van der Waals surface area (Å²) in [5.41, 5.74) is 0.